The number of pyridine rings is 1. The van der Waals surface area contributed by atoms with E-state index >= 15 is 0 Å². The van der Waals surface area contributed by atoms with Crippen molar-refractivity contribution in [3.63, 3.8) is 0 Å². The van der Waals surface area contributed by atoms with Gasteiger partial charge in [0.1, 0.15) is 11.6 Å². The van der Waals surface area contributed by atoms with Crippen LogP contribution in [0.15, 0.2) is 42.6 Å². The molecular weight excluding hydrogens is 339 g/mol. The maximum atomic E-state index is 14.6. The van der Waals surface area contributed by atoms with Crippen LogP contribution in [0.1, 0.15) is 18.4 Å². The van der Waals surface area contributed by atoms with Crippen LogP contribution in [0.5, 0.6) is 0 Å². The number of nitrogen functional groups attached to an aromatic ring is 1. The maximum absolute atomic E-state index is 14.6. The van der Waals surface area contributed by atoms with E-state index in [0.717, 1.165) is 53.5 Å². The summed E-state index contributed by atoms with van der Waals surface area (Å²) < 4.78 is 14.6. The number of hydrogen-bond donors (Lipinski definition) is 2. The molecule has 4 rings (SSSR count). The van der Waals surface area contributed by atoms with E-state index in [-0.39, 0.29) is 5.82 Å². The Kier molecular flexibility index (Phi) is 4.70. The molecule has 0 amide bonds. The summed E-state index contributed by atoms with van der Waals surface area (Å²) in [4.78, 5) is 6.69. The van der Waals surface area contributed by atoms with Gasteiger partial charge in [0.25, 0.3) is 0 Å². The van der Waals surface area contributed by atoms with Gasteiger partial charge in [-0.25, -0.2) is 9.37 Å². The predicted molar refractivity (Wildman–Crippen MR) is 111 cm³/mol. The summed E-state index contributed by atoms with van der Waals surface area (Å²) in [5, 5.41) is 5.35. The second-order valence-electron chi connectivity index (χ2n) is 7.30. The van der Waals surface area contributed by atoms with Gasteiger partial charge in [-0.1, -0.05) is 12.1 Å². The zero-order chi connectivity index (χ0) is 19.0. The number of aromatic nitrogens is 1. The molecule has 1 atom stereocenters. The van der Waals surface area contributed by atoms with Crippen LogP contribution in [0.25, 0.3) is 21.9 Å². The molecule has 140 valence electrons. The number of nitrogens with two attached hydrogens (primary N) is 1. The number of hydrogen-bond acceptors (Lipinski definition) is 4. The van der Waals surface area contributed by atoms with E-state index in [0.29, 0.717) is 17.4 Å². The van der Waals surface area contributed by atoms with Crippen LogP contribution in [0, 0.1) is 12.7 Å². The highest BCUT2D eigenvalue weighted by Crippen LogP contribution is 2.38. The molecule has 1 aliphatic heterocycles. The zero-order valence-electron chi connectivity index (χ0n) is 15.8. The molecule has 3 aromatic rings. The number of fused-ring (bicyclic) bond motifs is 1. The lowest BCUT2D eigenvalue weighted by atomic mass is 9.96. The van der Waals surface area contributed by atoms with Crippen molar-refractivity contribution in [2.45, 2.75) is 25.8 Å². The number of anilines is 2. The number of benzene rings is 2. The first-order valence-corrected chi connectivity index (χ1v) is 9.44. The topological polar surface area (TPSA) is 54.2 Å². The summed E-state index contributed by atoms with van der Waals surface area (Å²) in [5.41, 5.74) is 9.55. The third-order valence-electron chi connectivity index (χ3n) is 5.47. The van der Waals surface area contributed by atoms with E-state index in [9.17, 15) is 4.39 Å². The molecule has 27 heavy (non-hydrogen) atoms. The fourth-order valence-electron chi connectivity index (χ4n) is 4.23. The first kappa shape index (κ1) is 17.7. The molecule has 3 N–H and O–H groups in total. The average molecular weight is 364 g/mol. The first-order chi connectivity index (χ1) is 13.1. The molecule has 0 aliphatic carbocycles. The molecule has 2 aromatic carbocycles. The van der Waals surface area contributed by atoms with Crippen LogP contribution < -0.4 is 16.0 Å². The Bertz CT molecular complexity index is 965. The number of nitrogens with one attached hydrogen (secondary N) is 1. The molecule has 0 radical (unpaired) electrons. The minimum Gasteiger partial charge on any atom is -0.384 e. The summed E-state index contributed by atoms with van der Waals surface area (Å²) in [6.07, 6.45) is 4.08. The molecule has 1 aliphatic rings. The van der Waals surface area contributed by atoms with Gasteiger partial charge in [-0.3, -0.25) is 0 Å². The Labute approximate surface area is 159 Å². The summed E-state index contributed by atoms with van der Waals surface area (Å²) >= 11 is 0. The van der Waals surface area contributed by atoms with Gasteiger partial charge in [-0.15, -0.1) is 0 Å². The van der Waals surface area contributed by atoms with E-state index in [1.807, 2.05) is 32.2 Å². The quantitative estimate of drug-likeness (QED) is 0.731. The highest BCUT2D eigenvalue weighted by molar-refractivity contribution is 5.99. The van der Waals surface area contributed by atoms with E-state index in [1.54, 1.807) is 12.3 Å². The largest absolute Gasteiger partial charge is 0.384 e. The maximum Gasteiger partial charge on any atom is 0.131 e. The third kappa shape index (κ3) is 3.23. The van der Waals surface area contributed by atoms with Crippen LogP contribution in [-0.2, 0) is 0 Å². The van der Waals surface area contributed by atoms with Crippen molar-refractivity contribution < 1.29 is 4.39 Å². The smallest absolute Gasteiger partial charge is 0.131 e. The van der Waals surface area contributed by atoms with Crippen molar-refractivity contribution in [2.75, 3.05) is 30.8 Å². The van der Waals surface area contributed by atoms with E-state index in [1.165, 1.54) is 6.07 Å². The standard InChI is InChI=1S/C22H25FN4/c1-14-5-3-7-19(23)22(14)15-9-16-12-26-21(24)11-18(16)20(10-15)27-8-4-6-17(27)13-25-2/h3,5,7,9-12,17,25H,4,6,8,13H2,1-2H3,(H2,24,26)/t17-/m0/s1. The fourth-order valence-corrected chi connectivity index (χ4v) is 4.23. The minimum absolute atomic E-state index is 0.197. The molecular formula is C22H25FN4. The summed E-state index contributed by atoms with van der Waals surface area (Å²) in [5.74, 6) is 0.305. The Morgan fingerprint density at radius 1 is 1.30 bits per heavy atom. The Balaban J connectivity index is 1.95. The highest BCUT2D eigenvalue weighted by Gasteiger charge is 2.26. The van der Waals surface area contributed by atoms with Crippen LogP contribution in [0.4, 0.5) is 15.9 Å². The Hall–Kier alpha value is -2.66. The van der Waals surface area contributed by atoms with Crippen LogP contribution in [0.3, 0.4) is 0 Å². The molecule has 1 aromatic heterocycles. The minimum atomic E-state index is -0.197. The highest BCUT2D eigenvalue weighted by atomic mass is 19.1. The van der Waals surface area contributed by atoms with E-state index in [2.05, 4.69) is 21.3 Å². The summed E-state index contributed by atoms with van der Waals surface area (Å²) in [7, 11) is 1.98. The molecule has 1 saturated heterocycles. The molecule has 1 fully saturated rings. The Morgan fingerprint density at radius 2 is 2.15 bits per heavy atom. The van der Waals surface area contributed by atoms with Gasteiger partial charge in [0.15, 0.2) is 0 Å². The second-order valence-corrected chi connectivity index (χ2v) is 7.30. The lowest BCUT2D eigenvalue weighted by Crippen LogP contribution is -2.36. The first-order valence-electron chi connectivity index (χ1n) is 9.44. The van der Waals surface area contributed by atoms with Crippen LogP contribution in [-0.4, -0.2) is 31.2 Å². The van der Waals surface area contributed by atoms with Crippen molar-refractivity contribution in [3.8, 4) is 11.1 Å². The SMILES string of the molecule is CNC[C@@H]1CCCN1c1cc(-c2c(C)cccc2F)cc2cnc(N)cc12. The molecule has 0 saturated carbocycles. The Morgan fingerprint density at radius 3 is 2.93 bits per heavy atom. The second kappa shape index (κ2) is 7.16. The van der Waals surface area contributed by atoms with Gasteiger partial charge in [0, 0.05) is 47.4 Å². The molecule has 0 bridgehead atoms. The van der Waals surface area contributed by atoms with Gasteiger partial charge in [0.05, 0.1) is 0 Å². The van der Waals surface area contributed by atoms with Crippen molar-refractivity contribution in [2.24, 2.45) is 0 Å². The molecule has 5 heteroatoms. The number of rotatable bonds is 4. The number of nitrogens with zero attached hydrogens (tertiary/aromatic N) is 2. The average Bonchev–Trinajstić information content (AvgIpc) is 3.09. The summed E-state index contributed by atoms with van der Waals surface area (Å²) in [6, 6.07) is 11.7. The van der Waals surface area contributed by atoms with Gasteiger partial charge < -0.3 is 16.0 Å². The number of aryl methyl sites for hydroxylation is 1. The van der Waals surface area contributed by atoms with Crippen LogP contribution >= 0.6 is 0 Å². The summed E-state index contributed by atoms with van der Waals surface area (Å²) in [6.45, 7) is 3.86. The molecule has 2 heterocycles. The van der Waals surface area contributed by atoms with Gasteiger partial charge >= 0.3 is 0 Å². The van der Waals surface area contributed by atoms with Gasteiger partial charge in [0.2, 0.25) is 0 Å². The molecule has 4 nitrogen and oxygen atoms in total. The molecule has 0 spiro atoms. The number of likely N-dealkylation sites (N-methyl/N-ethyl adjacent to an activating group) is 1. The monoisotopic (exact) mass is 364 g/mol. The van der Waals surface area contributed by atoms with Crippen molar-refractivity contribution in [3.05, 3.63) is 54.0 Å². The van der Waals surface area contributed by atoms with Gasteiger partial charge in [-0.05, 0) is 62.2 Å². The van der Waals surface area contributed by atoms with Crippen LogP contribution in [0.2, 0.25) is 0 Å². The normalized spacial score (nSPS) is 17.0. The lowest BCUT2D eigenvalue weighted by molar-refractivity contribution is 0.616. The fraction of sp³-hybridized carbons (Fsp3) is 0.318. The van der Waals surface area contributed by atoms with E-state index in [4.69, 9.17) is 5.73 Å². The van der Waals surface area contributed by atoms with Crippen molar-refractivity contribution in [1.82, 2.24) is 10.3 Å². The van der Waals surface area contributed by atoms with Crippen molar-refractivity contribution >= 4 is 22.3 Å². The molecule has 0 unspecified atom stereocenters. The lowest BCUT2D eigenvalue weighted by Gasteiger charge is -2.29. The van der Waals surface area contributed by atoms with Gasteiger partial charge in [-0.2, -0.15) is 0 Å². The predicted octanol–water partition coefficient (Wildman–Crippen LogP) is 4.12. The van der Waals surface area contributed by atoms with Crippen molar-refractivity contribution in [1.29, 1.82) is 0 Å². The van der Waals surface area contributed by atoms with E-state index < -0.39 is 0 Å². The third-order valence-corrected chi connectivity index (χ3v) is 5.47. The zero-order valence-corrected chi connectivity index (χ0v) is 15.8. The number of halogens is 1.